The van der Waals surface area contributed by atoms with Crippen LogP contribution in [0.1, 0.15) is 22.3 Å². The van der Waals surface area contributed by atoms with Gasteiger partial charge in [0.05, 0.1) is 16.8 Å². The fraction of sp³-hybridized carbons (Fsp3) is 0.0175. The van der Waals surface area contributed by atoms with Crippen LogP contribution in [0.15, 0.2) is 223 Å². The van der Waals surface area contributed by atoms with Gasteiger partial charge >= 0.3 is 0 Å². The Morgan fingerprint density at radius 3 is 1.73 bits per heavy atom. The normalized spacial score (nSPS) is 12.8. The maximum atomic E-state index is 6.47. The number of aromatic nitrogens is 2. The van der Waals surface area contributed by atoms with E-state index in [4.69, 9.17) is 14.4 Å². The van der Waals surface area contributed by atoms with E-state index in [0.717, 1.165) is 61.1 Å². The van der Waals surface area contributed by atoms with Gasteiger partial charge < -0.3 is 4.42 Å². The van der Waals surface area contributed by atoms with Crippen LogP contribution >= 0.6 is 0 Å². The van der Waals surface area contributed by atoms with E-state index in [1.165, 1.54) is 44.2 Å². The molecule has 0 spiro atoms. The Morgan fingerprint density at radius 2 is 0.950 bits per heavy atom. The van der Waals surface area contributed by atoms with E-state index in [1.54, 1.807) is 0 Å². The molecule has 1 aliphatic rings. The standard InChI is InChI=1S/C57H36N2O/c1-4-16-38(17-5-1)56-58-51(41-19-14-18-39(33-41)40-27-31-48-54(35-40)60-53-32-29-37-15-10-11-24-45(37)55(48)53)36-52(59-56)42-28-30-47-46-25-12-13-26-49(46)57(50(47)34-42,43-20-6-2-7-21-43)44-22-8-3-9-23-44/h1-36H. The van der Waals surface area contributed by atoms with Crippen LogP contribution in [0, 0.1) is 0 Å². The first-order valence-corrected chi connectivity index (χ1v) is 20.5. The minimum Gasteiger partial charge on any atom is -0.456 e. The molecule has 60 heavy (non-hydrogen) atoms. The van der Waals surface area contributed by atoms with Crippen LogP contribution in [0.5, 0.6) is 0 Å². The summed E-state index contributed by atoms with van der Waals surface area (Å²) in [7, 11) is 0. The quantitative estimate of drug-likeness (QED) is 0.169. The second-order valence-electron chi connectivity index (χ2n) is 15.7. The number of furan rings is 1. The molecule has 11 aromatic rings. The largest absolute Gasteiger partial charge is 0.456 e. The van der Waals surface area contributed by atoms with E-state index in [2.05, 4.69) is 200 Å². The smallest absolute Gasteiger partial charge is 0.160 e. The predicted octanol–water partition coefficient (Wildman–Crippen LogP) is 14.6. The van der Waals surface area contributed by atoms with Gasteiger partial charge in [-0.05, 0) is 91.7 Å². The van der Waals surface area contributed by atoms with E-state index in [-0.39, 0.29) is 0 Å². The van der Waals surface area contributed by atoms with Crippen molar-refractivity contribution in [2.75, 3.05) is 0 Å². The van der Waals surface area contributed by atoms with Gasteiger partial charge in [-0.15, -0.1) is 0 Å². The van der Waals surface area contributed by atoms with E-state index in [0.29, 0.717) is 5.82 Å². The predicted molar refractivity (Wildman–Crippen MR) is 246 cm³/mol. The van der Waals surface area contributed by atoms with Gasteiger partial charge in [0.1, 0.15) is 11.2 Å². The summed E-state index contributed by atoms with van der Waals surface area (Å²) in [5.41, 5.74) is 15.7. The summed E-state index contributed by atoms with van der Waals surface area (Å²) in [5, 5.41) is 4.69. The fourth-order valence-corrected chi connectivity index (χ4v) is 9.65. The number of benzene rings is 9. The molecule has 12 rings (SSSR count). The highest BCUT2D eigenvalue weighted by Crippen LogP contribution is 2.56. The monoisotopic (exact) mass is 764 g/mol. The number of nitrogens with zero attached hydrogens (tertiary/aromatic N) is 2. The van der Waals surface area contributed by atoms with Crippen LogP contribution in [-0.2, 0) is 5.41 Å². The van der Waals surface area contributed by atoms with Gasteiger partial charge in [-0.1, -0.05) is 182 Å². The Balaban J connectivity index is 1.02. The fourth-order valence-electron chi connectivity index (χ4n) is 9.65. The number of hydrogen-bond acceptors (Lipinski definition) is 3. The van der Waals surface area contributed by atoms with Gasteiger partial charge in [-0.2, -0.15) is 0 Å². The van der Waals surface area contributed by atoms with Gasteiger partial charge in [0.15, 0.2) is 5.82 Å². The SMILES string of the molecule is c1ccc(-c2nc(-c3cccc(-c4ccc5c(c4)oc4ccc6ccccc6c45)c3)cc(-c3ccc4c(c3)C(c3ccccc3)(c3ccccc3)c3ccccc3-4)n2)cc1. The van der Waals surface area contributed by atoms with Gasteiger partial charge in [0.25, 0.3) is 0 Å². The summed E-state index contributed by atoms with van der Waals surface area (Å²) in [6, 6.07) is 78.0. The van der Waals surface area contributed by atoms with Gasteiger partial charge in [-0.25, -0.2) is 9.97 Å². The zero-order valence-electron chi connectivity index (χ0n) is 32.6. The van der Waals surface area contributed by atoms with Crippen molar-refractivity contribution >= 4 is 32.7 Å². The molecule has 0 unspecified atom stereocenters. The third-order valence-electron chi connectivity index (χ3n) is 12.4. The highest BCUT2D eigenvalue weighted by Gasteiger charge is 2.46. The molecule has 3 nitrogen and oxygen atoms in total. The van der Waals surface area contributed by atoms with Gasteiger partial charge in [-0.3, -0.25) is 0 Å². The Hall–Kier alpha value is -7.88. The molecule has 0 saturated carbocycles. The maximum Gasteiger partial charge on any atom is 0.160 e. The highest BCUT2D eigenvalue weighted by molar-refractivity contribution is 6.19. The summed E-state index contributed by atoms with van der Waals surface area (Å²) in [6.45, 7) is 0. The third kappa shape index (κ3) is 5.30. The van der Waals surface area contributed by atoms with Crippen molar-refractivity contribution in [1.82, 2.24) is 9.97 Å². The lowest BCUT2D eigenvalue weighted by molar-refractivity contribution is 0.669. The summed E-state index contributed by atoms with van der Waals surface area (Å²) in [4.78, 5) is 10.5. The third-order valence-corrected chi connectivity index (χ3v) is 12.4. The number of hydrogen-bond donors (Lipinski definition) is 0. The van der Waals surface area contributed by atoms with Crippen molar-refractivity contribution in [3.8, 4) is 56.2 Å². The topological polar surface area (TPSA) is 38.9 Å². The van der Waals surface area contributed by atoms with Crippen LogP contribution in [0.4, 0.5) is 0 Å². The molecule has 0 atom stereocenters. The van der Waals surface area contributed by atoms with Crippen LogP contribution in [0.25, 0.3) is 88.9 Å². The molecule has 3 heteroatoms. The minimum absolute atomic E-state index is 0.509. The Bertz CT molecular complexity index is 3380. The molecular weight excluding hydrogens is 729 g/mol. The summed E-state index contributed by atoms with van der Waals surface area (Å²) < 4.78 is 6.47. The van der Waals surface area contributed by atoms with Crippen molar-refractivity contribution in [3.05, 3.63) is 241 Å². The van der Waals surface area contributed by atoms with Crippen LogP contribution in [0.3, 0.4) is 0 Å². The first-order chi connectivity index (χ1) is 29.7. The van der Waals surface area contributed by atoms with E-state index < -0.39 is 5.41 Å². The average Bonchev–Trinajstić information content (AvgIpc) is 3.86. The highest BCUT2D eigenvalue weighted by atomic mass is 16.3. The zero-order chi connectivity index (χ0) is 39.6. The molecule has 0 saturated heterocycles. The van der Waals surface area contributed by atoms with E-state index >= 15 is 0 Å². The average molecular weight is 765 g/mol. The second kappa shape index (κ2) is 13.6. The minimum atomic E-state index is -0.509. The molecule has 0 radical (unpaired) electrons. The molecular formula is C57H36N2O. The molecule has 0 bridgehead atoms. The van der Waals surface area contributed by atoms with E-state index in [1.807, 2.05) is 18.2 Å². The zero-order valence-corrected chi connectivity index (χ0v) is 32.6. The lowest BCUT2D eigenvalue weighted by atomic mass is 9.67. The van der Waals surface area contributed by atoms with Crippen molar-refractivity contribution in [2.45, 2.75) is 5.41 Å². The first kappa shape index (κ1) is 34.2. The Labute approximate surface area is 347 Å². The maximum absolute atomic E-state index is 6.47. The Kier molecular flexibility index (Phi) is 7.76. The number of fused-ring (bicyclic) bond motifs is 8. The van der Waals surface area contributed by atoms with Crippen LogP contribution in [0.2, 0.25) is 0 Å². The molecule has 0 aliphatic heterocycles. The summed E-state index contributed by atoms with van der Waals surface area (Å²) >= 11 is 0. The van der Waals surface area contributed by atoms with Gasteiger partial charge in [0, 0.05) is 27.5 Å². The molecule has 9 aromatic carbocycles. The van der Waals surface area contributed by atoms with Crippen molar-refractivity contribution in [1.29, 1.82) is 0 Å². The summed E-state index contributed by atoms with van der Waals surface area (Å²) in [6.07, 6.45) is 0. The lowest BCUT2D eigenvalue weighted by Gasteiger charge is -2.34. The lowest BCUT2D eigenvalue weighted by Crippen LogP contribution is -2.28. The van der Waals surface area contributed by atoms with Gasteiger partial charge in [0.2, 0.25) is 0 Å². The molecule has 2 heterocycles. The van der Waals surface area contributed by atoms with Crippen molar-refractivity contribution < 1.29 is 4.42 Å². The van der Waals surface area contributed by atoms with Crippen molar-refractivity contribution in [2.24, 2.45) is 0 Å². The molecule has 0 amide bonds. The molecule has 0 fully saturated rings. The Morgan fingerprint density at radius 1 is 0.350 bits per heavy atom. The summed E-state index contributed by atoms with van der Waals surface area (Å²) in [5.74, 6) is 0.686. The van der Waals surface area contributed by atoms with Crippen LogP contribution in [-0.4, -0.2) is 9.97 Å². The second-order valence-corrected chi connectivity index (χ2v) is 15.7. The van der Waals surface area contributed by atoms with Crippen molar-refractivity contribution in [3.63, 3.8) is 0 Å². The molecule has 280 valence electrons. The first-order valence-electron chi connectivity index (χ1n) is 20.5. The number of rotatable bonds is 6. The molecule has 2 aromatic heterocycles. The molecule has 1 aliphatic carbocycles. The van der Waals surface area contributed by atoms with E-state index in [9.17, 15) is 0 Å². The molecule has 0 N–H and O–H groups in total. The van der Waals surface area contributed by atoms with Crippen LogP contribution < -0.4 is 0 Å².